The molecule has 0 aromatic heterocycles. The van der Waals surface area contributed by atoms with Crippen LogP contribution in [-0.2, 0) is 4.79 Å². The Morgan fingerprint density at radius 1 is 1.28 bits per heavy atom. The minimum absolute atomic E-state index is 0.0741. The SMILES string of the molecule is CCOc1cc(/C=C2/SC(=Nc3ccc(Br)cc3)NC2=O)ccc1O. The van der Waals surface area contributed by atoms with Crippen molar-refractivity contribution in [2.75, 3.05) is 6.61 Å². The monoisotopic (exact) mass is 418 g/mol. The average molecular weight is 419 g/mol. The number of halogens is 1. The number of thioether (sulfide) groups is 1. The van der Waals surface area contributed by atoms with E-state index >= 15 is 0 Å². The highest BCUT2D eigenvalue weighted by atomic mass is 79.9. The lowest BCUT2D eigenvalue weighted by Crippen LogP contribution is -2.19. The second kappa shape index (κ2) is 7.76. The largest absolute Gasteiger partial charge is 0.504 e. The third-order valence-electron chi connectivity index (χ3n) is 3.29. The summed E-state index contributed by atoms with van der Waals surface area (Å²) in [6, 6.07) is 12.5. The fourth-order valence-electron chi connectivity index (χ4n) is 2.16. The van der Waals surface area contributed by atoms with Gasteiger partial charge in [0.2, 0.25) is 0 Å². The number of hydrogen-bond acceptors (Lipinski definition) is 5. The van der Waals surface area contributed by atoms with Gasteiger partial charge in [-0.3, -0.25) is 4.79 Å². The van der Waals surface area contributed by atoms with Crippen molar-refractivity contribution in [3.63, 3.8) is 0 Å². The third kappa shape index (κ3) is 4.43. The van der Waals surface area contributed by atoms with Gasteiger partial charge in [0, 0.05) is 4.47 Å². The molecule has 1 fully saturated rings. The molecule has 1 saturated heterocycles. The first-order valence-electron chi connectivity index (χ1n) is 7.56. The molecule has 0 bridgehead atoms. The molecule has 0 saturated carbocycles. The highest BCUT2D eigenvalue weighted by Crippen LogP contribution is 2.31. The van der Waals surface area contributed by atoms with Crippen molar-refractivity contribution in [1.29, 1.82) is 0 Å². The van der Waals surface area contributed by atoms with Crippen LogP contribution in [0.2, 0.25) is 0 Å². The van der Waals surface area contributed by atoms with Gasteiger partial charge in [-0.05, 0) is 66.7 Å². The molecule has 128 valence electrons. The molecule has 7 heteroatoms. The summed E-state index contributed by atoms with van der Waals surface area (Å²) in [7, 11) is 0. The van der Waals surface area contributed by atoms with E-state index in [1.54, 1.807) is 24.3 Å². The van der Waals surface area contributed by atoms with Crippen LogP contribution in [0.15, 0.2) is 56.8 Å². The van der Waals surface area contributed by atoms with Gasteiger partial charge in [0.1, 0.15) is 0 Å². The first kappa shape index (κ1) is 17.6. The molecule has 0 atom stereocenters. The number of nitrogens with zero attached hydrogens (tertiary/aromatic N) is 1. The quantitative estimate of drug-likeness (QED) is 0.719. The smallest absolute Gasteiger partial charge is 0.264 e. The van der Waals surface area contributed by atoms with Crippen LogP contribution < -0.4 is 10.1 Å². The Kier molecular flexibility index (Phi) is 5.45. The van der Waals surface area contributed by atoms with Gasteiger partial charge < -0.3 is 15.2 Å². The predicted octanol–water partition coefficient (Wildman–Crippen LogP) is 4.45. The second-order valence-corrected chi connectivity index (χ2v) is 7.06. The van der Waals surface area contributed by atoms with E-state index in [0.717, 1.165) is 15.7 Å². The number of hydrogen-bond donors (Lipinski definition) is 2. The van der Waals surface area contributed by atoms with E-state index < -0.39 is 0 Å². The average Bonchev–Trinajstić information content (AvgIpc) is 2.92. The summed E-state index contributed by atoms with van der Waals surface area (Å²) in [6.07, 6.45) is 1.74. The van der Waals surface area contributed by atoms with Crippen molar-refractivity contribution in [3.8, 4) is 11.5 Å². The van der Waals surface area contributed by atoms with Gasteiger partial charge in [0.15, 0.2) is 16.7 Å². The zero-order chi connectivity index (χ0) is 17.8. The molecule has 1 heterocycles. The minimum atomic E-state index is -0.202. The van der Waals surface area contributed by atoms with Gasteiger partial charge in [-0.25, -0.2) is 4.99 Å². The molecule has 1 aliphatic rings. The molecule has 0 aliphatic carbocycles. The number of carbonyl (C=O) groups excluding carboxylic acids is 1. The highest BCUT2D eigenvalue weighted by Gasteiger charge is 2.23. The van der Waals surface area contributed by atoms with Crippen molar-refractivity contribution in [2.45, 2.75) is 6.92 Å². The second-order valence-electron chi connectivity index (χ2n) is 5.12. The third-order valence-corrected chi connectivity index (χ3v) is 4.73. The number of aliphatic imine (C=N–C) groups is 1. The van der Waals surface area contributed by atoms with Crippen molar-refractivity contribution in [3.05, 3.63) is 57.4 Å². The number of aromatic hydroxyl groups is 1. The van der Waals surface area contributed by atoms with Crippen molar-refractivity contribution in [2.24, 2.45) is 4.99 Å². The molecule has 1 aliphatic heterocycles. The fourth-order valence-corrected chi connectivity index (χ4v) is 3.26. The molecule has 1 amide bonds. The van der Waals surface area contributed by atoms with Crippen molar-refractivity contribution < 1.29 is 14.6 Å². The van der Waals surface area contributed by atoms with Gasteiger partial charge in [0.05, 0.1) is 17.2 Å². The molecule has 2 aromatic carbocycles. The van der Waals surface area contributed by atoms with E-state index in [-0.39, 0.29) is 11.7 Å². The molecule has 3 rings (SSSR count). The van der Waals surface area contributed by atoms with Gasteiger partial charge in [0.25, 0.3) is 5.91 Å². The molecule has 0 radical (unpaired) electrons. The zero-order valence-corrected chi connectivity index (χ0v) is 15.7. The van der Waals surface area contributed by atoms with E-state index in [1.807, 2.05) is 31.2 Å². The fraction of sp³-hybridized carbons (Fsp3) is 0.111. The first-order valence-corrected chi connectivity index (χ1v) is 9.17. The number of phenols is 1. The predicted molar refractivity (Wildman–Crippen MR) is 104 cm³/mol. The Bertz CT molecular complexity index is 863. The molecular weight excluding hydrogens is 404 g/mol. The van der Waals surface area contributed by atoms with E-state index in [0.29, 0.717) is 22.4 Å². The number of benzene rings is 2. The zero-order valence-electron chi connectivity index (χ0n) is 13.3. The summed E-state index contributed by atoms with van der Waals surface area (Å²) < 4.78 is 6.33. The minimum Gasteiger partial charge on any atom is -0.504 e. The van der Waals surface area contributed by atoms with E-state index in [2.05, 4.69) is 26.2 Å². The van der Waals surface area contributed by atoms with Crippen molar-refractivity contribution in [1.82, 2.24) is 5.32 Å². The number of amides is 1. The maximum Gasteiger partial charge on any atom is 0.264 e. The van der Waals surface area contributed by atoms with Gasteiger partial charge in [-0.1, -0.05) is 22.0 Å². The number of rotatable bonds is 4. The maximum atomic E-state index is 12.1. The van der Waals surface area contributed by atoms with E-state index in [1.165, 1.54) is 11.8 Å². The number of nitrogens with one attached hydrogen (secondary N) is 1. The summed E-state index contributed by atoms with van der Waals surface area (Å²) in [6.45, 7) is 2.29. The highest BCUT2D eigenvalue weighted by molar-refractivity contribution is 9.10. The van der Waals surface area contributed by atoms with Crippen LogP contribution in [0.25, 0.3) is 6.08 Å². The van der Waals surface area contributed by atoms with Crippen LogP contribution in [0.3, 0.4) is 0 Å². The lowest BCUT2D eigenvalue weighted by atomic mass is 10.2. The molecule has 2 aromatic rings. The maximum absolute atomic E-state index is 12.1. The Labute approximate surface area is 157 Å². The lowest BCUT2D eigenvalue weighted by Gasteiger charge is -2.06. The Morgan fingerprint density at radius 2 is 2.04 bits per heavy atom. The van der Waals surface area contributed by atoms with Gasteiger partial charge in [-0.15, -0.1) is 0 Å². The van der Waals surface area contributed by atoms with Gasteiger partial charge in [-0.2, -0.15) is 0 Å². The summed E-state index contributed by atoms with van der Waals surface area (Å²) in [4.78, 5) is 17.1. The standard InChI is InChI=1S/C18H15BrN2O3S/c1-2-24-15-9-11(3-8-14(15)22)10-16-17(23)21-18(25-16)20-13-6-4-12(19)5-7-13/h3-10,22H,2H2,1H3,(H,20,21,23)/b16-10+. The van der Waals surface area contributed by atoms with Crippen LogP contribution in [0.1, 0.15) is 12.5 Å². The van der Waals surface area contributed by atoms with Crippen LogP contribution in [0.4, 0.5) is 5.69 Å². The van der Waals surface area contributed by atoms with Crippen LogP contribution in [0.5, 0.6) is 11.5 Å². The van der Waals surface area contributed by atoms with Crippen LogP contribution in [-0.4, -0.2) is 22.8 Å². The normalized spacial score (nSPS) is 17.1. The number of ether oxygens (including phenoxy) is 1. The number of carbonyl (C=O) groups is 1. The number of amidine groups is 1. The molecule has 25 heavy (non-hydrogen) atoms. The first-order chi connectivity index (χ1) is 12.0. The Morgan fingerprint density at radius 3 is 2.76 bits per heavy atom. The Balaban J connectivity index is 1.81. The van der Waals surface area contributed by atoms with Crippen LogP contribution in [0, 0.1) is 0 Å². The van der Waals surface area contributed by atoms with E-state index in [4.69, 9.17) is 4.74 Å². The summed E-state index contributed by atoms with van der Waals surface area (Å²) >= 11 is 4.65. The lowest BCUT2D eigenvalue weighted by molar-refractivity contribution is -0.115. The molecule has 0 unspecified atom stereocenters. The van der Waals surface area contributed by atoms with E-state index in [9.17, 15) is 9.90 Å². The molecule has 2 N–H and O–H groups in total. The summed E-state index contributed by atoms with van der Waals surface area (Å²) in [5.41, 5.74) is 1.53. The molecule has 5 nitrogen and oxygen atoms in total. The number of phenolic OH excluding ortho intramolecular Hbond substituents is 1. The van der Waals surface area contributed by atoms with Crippen LogP contribution >= 0.6 is 27.7 Å². The summed E-state index contributed by atoms with van der Waals surface area (Å²) in [5.74, 6) is 0.265. The topological polar surface area (TPSA) is 70.9 Å². The summed E-state index contributed by atoms with van der Waals surface area (Å²) in [5, 5.41) is 13.0. The molecular formula is C18H15BrN2O3S. The Hall–Kier alpha value is -2.25. The van der Waals surface area contributed by atoms with Crippen molar-refractivity contribution >= 4 is 50.5 Å². The molecule has 0 spiro atoms. The van der Waals surface area contributed by atoms with Gasteiger partial charge >= 0.3 is 0 Å².